The van der Waals surface area contributed by atoms with Gasteiger partial charge >= 0.3 is 0 Å². The van der Waals surface area contributed by atoms with E-state index in [2.05, 4.69) is 49.3 Å². The van der Waals surface area contributed by atoms with Crippen LogP contribution in [0.25, 0.3) is 0 Å². The van der Waals surface area contributed by atoms with E-state index in [1.165, 1.54) is 16.2 Å². The number of carbonyl (C=O) groups excluding carboxylic acids is 1. The van der Waals surface area contributed by atoms with Gasteiger partial charge in [0.15, 0.2) is 0 Å². The van der Waals surface area contributed by atoms with Crippen LogP contribution >= 0.6 is 31.9 Å². The third kappa shape index (κ3) is 6.31. The van der Waals surface area contributed by atoms with Crippen molar-refractivity contribution in [1.29, 1.82) is 0 Å². The smallest absolute Gasteiger partial charge is 0.250 e. The van der Waals surface area contributed by atoms with Crippen LogP contribution in [-0.4, -0.2) is 17.0 Å². The summed E-state index contributed by atoms with van der Waals surface area (Å²) in [7, 11) is 0. The third-order valence-corrected chi connectivity index (χ3v) is 4.34. The first-order chi connectivity index (χ1) is 11.0. The lowest BCUT2D eigenvalue weighted by molar-refractivity contribution is -0.121. The first-order valence-electron chi connectivity index (χ1n) is 7.42. The summed E-state index contributed by atoms with van der Waals surface area (Å²) in [6.45, 7) is 1.02. The summed E-state index contributed by atoms with van der Waals surface area (Å²) in [4.78, 5) is 23.5. The van der Waals surface area contributed by atoms with E-state index in [0.717, 1.165) is 21.8 Å². The molecule has 0 spiro atoms. The monoisotopic (exact) mass is 440 g/mol. The Hall–Kier alpha value is -1.40. The van der Waals surface area contributed by atoms with Crippen LogP contribution in [0.2, 0.25) is 0 Å². The molecular formula is C17H18Br2N2O2. The van der Waals surface area contributed by atoms with E-state index in [1.54, 1.807) is 12.3 Å². The van der Waals surface area contributed by atoms with Gasteiger partial charge in [-0.1, -0.05) is 28.1 Å². The molecule has 1 amide bonds. The number of aryl methyl sites for hydroxylation is 2. The van der Waals surface area contributed by atoms with E-state index in [9.17, 15) is 9.59 Å². The topological polar surface area (TPSA) is 51.1 Å². The number of amides is 1. The maximum Gasteiger partial charge on any atom is 0.250 e. The van der Waals surface area contributed by atoms with Gasteiger partial charge in [-0.3, -0.25) is 9.59 Å². The zero-order valence-corrected chi connectivity index (χ0v) is 15.8. The van der Waals surface area contributed by atoms with E-state index in [-0.39, 0.29) is 11.5 Å². The molecule has 2 aromatic rings. The average Bonchev–Trinajstić information content (AvgIpc) is 2.52. The highest BCUT2D eigenvalue weighted by molar-refractivity contribution is 9.10. The maximum absolute atomic E-state index is 11.8. The molecular weight excluding hydrogens is 424 g/mol. The molecule has 0 aliphatic rings. The highest BCUT2D eigenvalue weighted by atomic mass is 79.9. The molecule has 23 heavy (non-hydrogen) atoms. The van der Waals surface area contributed by atoms with Crippen LogP contribution in [0, 0.1) is 0 Å². The molecule has 0 fully saturated rings. The molecule has 4 nitrogen and oxygen atoms in total. The summed E-state index contributed by atoms with van der Waals surface area (Å²) in [6.07, 6.45) is 3.81. The molecule has 0 saturated heterocycles. The Bertz CT molecular complexity index is 729. The molecule has 1 aromatic carbocycles. The van der Waals surface area contributed by atoms with Crippen LogP contribution in [0.5, 0.6) is 0 Å². The largest absolute Gasteiger partial charge is 0.356 e. The Morgan fingerprint density at radius 1 is 1.13 bits per heavy atom. The number of halogens is 2. The SMILES string of the molecule is O=C(CCn1cc(Br)ccc1=O)NCCCc1cccc(Br)c1. The lowest BCUT2D eigenvalue weighted by atomic mass is 10.1. The normalized spacial score (nSPS) is 10.5. The number of nitrogens with zero attached hydrogens (tertiary/aromatic N) is 1. The molecule has 1 aromatic heterocycles. The minimum atomic E-state index is -0.101. The molecule has 0 aliphatic heterocycles. The number of hydrogen-bond donors (Lipinski definition) is 1. The molecule has 122 valence electrons. The number of hydrogen-bond acceptors (Lipinski definition) is 2. The predicted molar refractivity (Wildman–Crippen MR) is 98.5 cm³/mol. The number of benzene rings is 1. The summed E-state index contributed by atoms with van der Waals surface area (Å²) in [5.41, 5.74) is 1.14. The number of pyridine rings is 1. The summed E-state index contributed by atoms with van der Waals surface area (Å²) < 4.78 is 3.43. The van der Waals surface area contributed by atoms with Crippen LogP contribution in [-0.2, 0) is 17.8 Å². The van der Waals surface area contributed by atoms with Crippen molar-refractivity contribution >= 4 is 37.8 Å². The van der Waals surface area contributed by atoms with E-state index in [4.69, 9.17) is 0 Å². The van der Waals surface area contributed by atoms with Crippen molar-refractivity contribution in [1.82, 2.24) is 9.88 Å². The van der Waals surface area contributed by atoms with E-state index in [1.807, 2.05) is 12.1 Å². The molecule has 6 heteroatoms. The summed E-state index contributed by atoms with van der Waals surface area (Å²) in [6, 6.07) is 11.3. The van der Waals surface area contributed by atoms with Gasteiger partial charge < -0.3 is 9.88 Å². The third-order valence-electron chi connectivity index (χ3n) is 3.38. The molecule has 0 saturated carbocycles. The standard InChI is InChI=1S/C17H18Br2N2O2/c18-14-5-1-3-13(11-14)4-2-9-20-16(22)8-10-21-12-15(19)6-7-17(21)23/h1,3,5-7,11-12H,2,4,8-10H2,(H,20,22). The van der Waals surface area contributed by atoms with Crippen LogP contribution < -0.4 is 10.9 Å². The molecule has 2 rings (SSSR count). The van der Waals surface area contributed by atoms with Crippen molar-refractivity contribution in [2.45, 2.75) is 25.8 Å². The predicted octanol–water partition coefficient (Wildman–Crippen LogP) is 3.51. The van der Waals surface area contributed by atoms with E-state index < -0.39 is 0 Å². The van der Waals surface area contributed by atoms with Gasteiger partial charge in [0.25, 0.3) is 5.56 Å². The van der Waals surface area contributed by atoms with E-state index in [0.29, 0.717) is 19.5 Å². The minimum absolute atomic E-state index is 0.0360. The van der Waals surface area contributed by atoms with Crippen molar-refractivity contribution in [3.05, 3.63) is 67.5 Å². The molecule has 1 heterocycles. The van der Waals surface area contributed by atoms with Gasteiger partial charge in [-0.25, -0.2) is 0 Å². The quantitative estimate of drug-likeness (QED) is 0.668. The van der Waals surface area contributed by atoms with Crippen LogP contribution in [0.15, 0.2) is 56.3 Å². The second-order valence-corrected chi connectivity index (χ2v) is 7.04. The zero-order valence-electron chi connectivity index (χ0n) is 12.6. The van der Waals surface area contributed by atoms with Gasteiger partial charge in [0, 0.05) is 40.7 Å². The zero-order chi connectivity index (χ0) is 16.7. The number of carbonyl (C=O) groups is 1. The fourth-order valence-electron chi connectivity index (χ4n) is 2.20. The van der Waals surface area contributed by atoms with Crippen LogP contribution in [0.3, 0.4) is 0 Å². The Morgan fingerprint density at radius 3 is 2.74 bits per heavy atom. The van der Waals surface area contributed by atoms with Crippen molar-refractivity contribution in [2.24, 2.45) is 0 Å². The van der Waals surface area contributed by atoms with Crippen molar-refractivity contribution in [3.8, 4) is 0 Å². The summed E-state index contributed by atoms with van der Waals surface area (Å²) in [5, 5.41) is 2.89. The van der Waals surface area contributed by atoms with Crippen LogP contribution in [0.1, 0.15) is 18.4 Å². The summed E-state index contributed by atoms with van der Waals surface area (Å²) in [5.74, 6) is -0.0360. The fourth-order valence-corrected chi connectivity index (χ4v) is 3.03. The maximum atomic E-state index is 11.8. The fraction of sp³-hybridized carbons (Fsp3) is 0.294. The highest BCUT2D eigenvalue weighted by Gasteiger charge is 2.03. The average molecular weight is 442 g/mol. The lowest BCUT2D eigenvalue weighted by Crippen LogP contribution is -2.27. The Labute approximate surface area is 152 Å². The second kappa shape index (κ2) is 9.03. The highest BCUT2D eigenvalue weighted by Crippen LogP contribution is 2.12. The van der Waals surface area contributed by atoms with Gasteiger partial charge in [0.1, 0.15) is 0 Å². The van der Waals surface area contributed by atoms with Crippen molar-refractivity contribution < 1.29 is 4.79 Å². The van der Waals surface area contributed by atoms with Gasteiger partial charge in [-0.2, -0.15) is 0 Å². The van der Waals surface area contributed by atoms with E-state index >= 15 is 0 Å². The van der Waals surface area contributed by atoms with Gasteiger partial charge in [0.2, 0.25) is 5.91 Å². The molecule has 1 N–H and O–H groups in total. The number of nitrogens with one attached hydrogen (secondary N) is 1. The molecule has 0 aliphatic carbocycles. The minimum Gasteiger partial charge on any atom is -0.356 e. The molecule has 0 bridgehead atoms. The molecule has 0 radical (unpaired) electrons. The first kappa shape index (κ1) is 17.9. The van der Waals surface area contributed by atoms with Crippen LogP contribution in [0.4, 0.5) is 0 Å². The van der Waals surface area contributed by atoms with Gasteiger partial charge in [0.05, 0.1) is 0 Å². The number of aromatic nitrogens is 1. The van der Waals surface area contributed by atoms with Gasteiger partial charge in [-0.05, 0) is 52.5 Å². The second-order valence-electron chi connectivity index (χ2n) is 5.21. The molecule has 0 unspecified atom stereocenters. The summed E-state index contributed by atoms with van der Waals surface area (Å²) >= 11 is 6.77. The Morgan fingerprint density at radius 2 is 1.96 bits per heavy atom. The molecule has 0 atom stereocenters. The number of rotatable bonds is 7. The Kier molecular flexibility index (Phi) is 7.05. The first-order valence-corrected chi connectivity index (χ1v) is 9.00. The lowest BCUT2D eigenvalue weighted by Gasteiger charge is -2.07. The van der Waals surface area contributed by atoms with Gasteiger partial charge in [-0.15, -0.1) is 0 Å². The van der Waals surface area contributed by atoms with Crippen molar-refractivity contribution in [3.63, 3.8) is 0 Å². The Balaban J connectivity index is 1.69. The van der Waals surface area contributed by atoms with Crippen molar-refractivity contribution in [2.75, 3.05) is 6.54 Å².